The Morgan fingerprint density at radius 2 is 1.70 bits per heavy atom. The minimum atomic E-state index is -3.71. The summed E-state index contributed by atoms with van der Waals surface area (Å²) in [7, 11) is -2.16. The molecule has 0 bridgehead atoms. The zero-order chi connectivity index (χ0) is 23.2. The highest BCUT2D eigenvalue weighted by atomic mass is 32.2. The van der Waals surface area contributed by atoms with Gasteiger partial charge in [0.05, 0.1) is 5.25 Å². The summed E-state index contributed by atoms with van der Waals surface area (Å²) in [6, 6.07) is 13.8. The number of benzene rings is 2. The van der Waals surface area contributed by atoms with Gasteiger partial charge in [0.15, 0.2) is 11.5 Å². The maximum absolute atomic E-state index is 13.5. The van der Waals surface area contributed by atoms with Crippen molar-refractivity contribution in [2.75, 3.05) is 7.05 Å². The van der Waals surface area contributed by atoms with Crippen molar-refractivity contribution in [1.82, 2.24) is 14.9 Å². The number of hydrogen-bond acceptors (Lipinski definition) is 8. The molecular formula is C23H21N5O4S. The quantitative estimate of drug-likeness (QED) is 0.554. The van der Waals surface area contributed by atoms with Crippen molar-refractivity contribution in [1.29, 1.82) is 0 Å². The van der Waals surface area contributed by atoms with Crippen molar-refractivity contribution in [2.24, 2.45) is 10.7 Å². The Hall–Kier alpha value is -3.79. The summed E-state index contributed by atoms with van der Waals surface area (Å²) in [5.74, 6) is -0.170. The van der Waals surface area contributed by atoms with E-state index in [9.17, 15) is 13.2 Å². The molecule has 9 nitrogen and oxygen atoms in total. The second-order valence-electron chi connectivity index (χ2n) is 8.06. The zero-order valence-electron chi connectivity index (χ0n) is 17.7. The third-order valence-electron chi connectivity index (χ3n) is 5.81. The van der Waals surface area contributed by atoms with Gasteiger partial charge in [-0.15, -0.1) is 0 Å². The molecular weight excluding hydrogens is 442 g/mol. The minimum Gasteiger partial charge on any atom is -0.382 e. The van der Waals surface area contributed by atoms with Crippen LogP contribution >= 0.6 is 0 Å². The van der Waals surface area contributed by atoms with Gasteiger partial charge in [-0.05, 0) is 47.7 Å². The molecule has 2 aromatic carbocycles. The van der Waals surface area contributed by atoms with Gasteiger partial charge in [-0.25, -0.2) is 15.0 Å². The Morgan fingerprint density at radius 3 is 2.33 bits per heavy atom. The molecule has 168 valence electrons. The maximum Gasteiger partial charge on any atom is 0.312 e. The van der Waals surface area contributed by atoms with E-state index in [1.807, 2.05) is 18.2 Å². The molecule has 33 heavy (non-hydrogen) atoms. The first kappa shape index (κ1) is 21.1. The van der Waals surface area contributed by atoms with Crippen molar-refractivity contribution in [3.8, 4) is 16.9 Å². The van der Waals surface area contributed by atoms with Gasteiger partial charge < -0.3 is 9.92 Å². The van der Waals surface area contributed by atoms with Crippen LogP contribution in [0.1, 0.15) is 24.0 Å². The molecule has 1 aliphatic carbocycles. The average Bonchev–Trinajstić information content (AvgIpc) is 3.65. The van der Waals surface area contributed by atoms with E-state index >= 15 is 0 Å². The van der Waals surface area contributed by atoms with Crippen molar-refractivity contribution >= 4 is 22.0 Å². The zero-order valence-corrected chi connectivity index (χ0v) is 18.6. The second-order valence-corrected chi connectivity index (χ2v) is 9.87. The monoisotopic (exact) mass is 463 g/mol. The number of nitrogens with zero attached hydrogens (tertiary/aromatic N) is 4. The van der Waals surface area contributed by atoms with Gasteiger partial charge >= 0.3 is 10.1 Å². The standard InChI is InChI=1S/C23H21N5O4S/c1-28-21(29)23(27-22(28)24,17-5-2-4-15(10-17)16-12-25-14-26-13-16)18-6-3-7-19(11-18)32-33(30,31)20-8-9-20/h2-7,10-14,20H,8-9H2,1H3,(H2,24,27). The number of carbonyl (C=O) groups excluding carboxylic acids is 1. The number of aromatic nitrogens is 2. The van der Waals surface area contributed by atoms with Crippen LogP contribution in [-0.2, 0) is 20.5 Å². The van der Waals surface area contributed by atoms with Crippen LogP contribution in [0.2, 0.25) is 0 Å². The summed E-state index contributed by atoms with van der Waals surface area (Å²) < 4.78 is 30.1. The number of aliphatic imine (C=N–C) groups is 1. The predicted molar refractivity (Wildman–Crippen MR) is 122 cm³/mol. The van der Waals surface area contributed by atoms with Crippen molar-refractivity contribution in [2.45, 2.75) is 23.6 Å². The number of hydrogen-bond donors (Lipinski definition) is 1. The summed E-state index contributed by atoms with van der Waals surface area (Å²) in [6.45, 7) is 0. The van der Waals surface area contributed by atoms with Gasteiger partial charge in [0.25, 0.3) is 5.91 Å². The van der Waals surface area contributed by atoms with Crippen LogP contribution in [0.5, 0.6) is 5.75 Å². The summed E-state index contributed by atoms with van der Waals surface area (Å²) in [6.07, 6.45) is 5.97. The fraction of sp³-hybridized carbons (Fsp3) is 0.217. The van der Waals surface area contributed by atoms with Crippen molar-refractivity contribution < 1.29 is 17.4 Å². The molecule has 1 unspecified atom stereocenters. The highest BCUT2D eigenvalue weighted by Gasteiger charge is 2.50. The van der Waals surface area contributed by atoms with Crippen LogP contribution in [0, 0.1) is 0 Å². The smallest absolute Gasteiger partial charge is 0.312 e. The summed E-state index contributed by atoms with van der Waals surface area (Å²) in [4.78, 5) is 27.5. The minimum absolute atomic E-state index is 0.0605. The summed E-state index contributed by atoms with van der Waals surface area (Å²) >= 11 is 0. The second kappa shape index (κ2) is 7.66. The van der Waals surface area contributed by atoms with E-state index in [-0.39, 0.29) is 17.6 Å². The number of rotatable bonds is 6. The van der Waals surface area contributed by atoms with Crippen LogP contribution in [0.15, 0.2) is 72.2 Å². The molecule has 1 fully saturated rings. The molecule has 1 amide bonds. The lowest BCUT2D eigenvalue weighted by atomic mass is 9.81. The molecule has 10 heteroatoms. The fourth-order valence-electron chi connectivity index (χ4n) is 3.89. The highest BCUT2D eigenvalue weighted by molar-refractivity contribution is 7.88. The van der Waals surface area contributed by atoms with Crippen LogP contribution in [-0.4, -0.2) is 47.5 Å². The third kappa shape index (κ3) is 3.62. The van der Waals surface area contributed by atoms with E-state index in [0.29, 0.717) is 24.0 Å². The average molecular weight is 464 g/mol. The lowest BCUT2D eigenvalue weighted by Crippen LogP contribution is -2.41. The van der Waals surface area contributed by atoms with Crippen LogP contribution < -0.4 is 9.92 Å². The van der Waals surface area contributed by atoms with Gasteiger partial charge in [-0.3, -0.25) is 9.69 Å². The number of amides is 1. The molecule has 1 saturated carbocycles. The molecule has 0 saturated heterocycles. The molecule has 0 spiro atoms. The van der Waals surface area contributed by atoms with Crippen molar-refractivity contribution in [3.63, 3.8) is 0 Å². The number of likely N-dealkylation sites (N-methyl/N-ethyl adjacent to an activating group) is 1. The van der Waals surface area contributed by atoms with Crippen LogP contribution in [0.3, 0.4) is 0 Å². The van der Waals surface area contributed by atoms with Gasteiger partial charge in [-0.1, -0.05) is 30.3 Å². The SMILES string of the molecule is CN1C(=O)C(c2cccc(OS(=O)(=O)C3CC3)c2)(c2cccc(-c3cncnc3)c2)N=C1N. The Kier molecular flexibility index (Phi) is 4.89. The predicted octanol–water partition coefficient (Wildman–Crippen LogP) is 2.04. The fourth-order valence-corrected chi connectivity index (χ4v) is 5.11. The van der Waals surface area contributed by atoms with E-state index in [1.165, 1.54) is 17.3 Å². The maximum atomic E-state index is 13.5. The first-order valence-electron chi connectivity index (χ1n) is 10.3. The normalized spacial score (nSPS) is 20.6. The molecule has 1 aliphatic heterocycles. The lowest BCUT2D eigenvalue weighted by Gasteiger charge is -2.27. The van der Waals surface area contributed by atoms with Crippen molar-refractivity contribution in [3.05, 3.63) is 78.4 Å². The molecule has 0 radical (unpaired) electrons. The van der Waals surface area contributed by atoms with Gasteiger partial charge in [0.1, 0.15) is 12.1 Å². The molecule has 1 atom stereocenters. The molecule has 1 aromatic heterocycles. The highest BCUT2D eigenvalue weighted by Crippen LogP contribution is 2.42. The first-order valence-corrected chi connectivity index (χ1v) is 11.8. The van der Waals surface area contributed by atoms with Gasteiger partial charge in [0.2, 0.25) is 0 Å². The molecule has 2 N–H and O–H groups in total. The molecule has 3 aromatic rings. The number of carbonyl (C=O) groups is 1. The third-order valence-corrected chi connectivity index (χ3v) is 7.52. The Balaban J connectivity index is 1.64. The van der Waals surface area contributed by atoms with Crippen LogP contribution in [0.25, 0.3) is 11.1 Å². The van der Waals surface area contributed by atoms with E-state index < -0.39 is 20.9 Å². The summed E-state index contributed by atoms with van der Waals surface area (Å²) in [5, 5.41) is -0.479. The summed E-state index contributed by atoms with van der Waals surface area (Å²) in [5.41, 5.74) is 7.17. The lowest BCUT2D eigenvalue weighted by molar-refractivity contribution is -0.129. The number of guanidine groups is 1. The van der Waals surface area contributed by atoms with E-state index in [0.717, 1.165) is 11.1 Å². The molecule has 2 heterocycles. The van der Waals surface area contributed by atoms with Gasteiger partial charge in [-0.2, -0.15) is 8.42 Å². The van der Waals surface area contributed by atoms with E-state index in [4.69, 9.17) is 9.92 Å². The molecule has 2 aliphatic rings. The first-order chi connectivity index (χ1) is 15.8. The van der Waals surface area contributed by atoms with E-state index in [1.54, 1.807) is 43.7 Å². The Labute approximate surface area is 191 Å². The largest absolute Gasteiger partial charge is 0.382 e. The molecule has 5 rings (SSSR count). The van der Waals surface area contributed by atoms with E-state index in [2.05, 4.69) is 15.0 Å². The topological polar surface area (TPSA) is 128 Å². The Morgan fingerprint density at radius 1 is 1.03 bits per heavy atom. The van der Waals surface area contributed by atoms with Gasteiger partial charge in [0, 0.05) is 25.0 Å². The Bertz CT molecular complexity index is 1370. The number of nitrogens with two attached hydrogens (primary N) is 1. The van der Waals surface area contributed by atoms with Crippen LogP contribution in [0.4, 0.5) is 0 Å².